The van der Waals surface area contributed by atoms with E-state index in [0.717, 1.165) is 28.8 Å². The molecule has 0 aliphatic rings. The lowest BCUT2D eigenvalue weighted by atomic mass is 9.98. The first-order valence-corrected chi connectivity index (χ1v) is 11.0. The maximum atomic E-state index is 12.7. The van der Waals surface area contributed by atoms with E-state index in [0.29, 0.717) is 13.0 Å². The van der Waals surface area contributed by atoms with Crippen LogP contribution in [0.3, 0.4) is 0 Å². The summed E-state index contributed by atoms with van der Waals surface area (Å²) in [5, 5.41) is 6.12. The fourth-order valence-electron chi connectivity index (χ4n) is 3.64. The maximum Gasteiger partial charge on any atom is 0.238 e. The molecule has 0 saturated carbocycles. The Balaban J connectivity index is 1.53. The highest BCUT2D eigenvalue weighted by atomic mass is 16.2. The zero-order chi connectivity index (χ0) is 22.8. The average molecular weight is 430 g/mol. The number of nitrogens with zero attached hydrogens (tertiary/aromatic N) is 1. The van der Waals surface area contributed by atoms with E-state index in [1.807, 2.05) is 96.9 Å². The van der Waals surface area contributed by atoms with Crippen molar-refractivity contribution in [2.45, 2.75) is 25.8 Å². The van der Waals surface area contributed by atoms with Gasteiger partial charge in [0, 0.05) is 18.7 Å². The standard InChI is InChI=1S/C27H31N3O2/c1-3-21-12-10-11-17-24(21)28-26(32)20-30(2)19-18-25(31)29-27(22-13-6-4-7-14-22)23-15-8-5-9-16-23/h4-17,27H,3,18-20H2,1-2H3,(H,28,32)(H,29,31). The number of hydrogen-bond acceptors (Lipinski definition) is 3. The molecule has 0 radical (unpaired) electrons. The van der Waals surface area contributed by atoms with Gasteiger partial charge in [-0.1, -0.05) is 85.8 Å². The molecular weight excluding hydrogens is 398 g/mol. The summed E-state index contributed by atoms with van der Waals surface area (Å²) in [6.45, 7) is 2.78. The highest BCUT2D eigenvalue weighted by molar-refractivity contribution is 5.93. The Bertz CT molecular complexity index is 966. The fourth-order valence-corrected chi connectivity index (χ4v) is 3.64. The van der Waals surface area contributed by atoms with E-state index in [4.69, 9.17) is 0 Å². The number of anilines is 1. The lowest BCUT2D eigenvalue weighted by molar-refractivity contribution is -0.122. The van der Waals surface area contributed by atoms with Crippen molar-refractivity contribution in [1.82, 2.24) is 10.2 Å². The van der Waals surface area contributed by atoms with Crippen LogP contribution < -0.4 is 10.6 Å². The van der Waals surface area contributed by atoms with Crippen LogP contribution in [0.5, 0.6) is 0 Å². The molecule has 0 saturated heterocycles. The molecule has 0 aliphatic carbocycles. The van der Waals surface area contributed by atoms with Gasteiger partial charge in [0.2, 0.25) is 11.8 Å². The second kappa shape index (κ2) is 11.8. The van der Waals surface area contributed by atoms with E-state index in [-0.39, 0.29) is 24.4 Å². The molecule has 3 aromatic rings. The minimum absolute atomic E-state index is 0.0497. The lowest BCUT2D eigenvalue weighted by Gasteiger charge is -2.21. The van der Waals surface area contributed by atoms with Crippen LogP contribution in [0.4, 0.5) is 5.69 Å². The van der Waals surface area contributed by atoms with Crippen molar-refractivity contribution in [3.63, 3.8) is 0 Å². The lowest BCUT2D eigenvalue weighted by Crippen LogP contribution is -2.35. The normalized spacial score (nSPS) is 10.9. The summed E-state index contributed by atoms with van der Waals surface area (Å²) in [6.07, 6.45) is 1.17. The molecule has 0 bridgehead atoms. The molecule has 2 amide bonds. The van der Waals surface area contributed by atoms with Crippen molar-refractivity contribution in [2.75, 3.05) is 25.5 Å². The third kappa shape index (κ3) is 6.79. The van der Waals surface area contributed by atoms with E-state index in [2.05, 4.69) is 17.6 Å². The van der Waals surface area contributed by atoms with E-state index < -0.39 is 0 Å². The molecule has 5 nitrogen and oxygen atoms in total. The molecule has 166 valence electrons. The molecule has 0 aliphatic heterocycles. The summed E-state index contributed by atoms with van der Waals surface area (Å²) in [7, 11) is 1.85. The van der Waals surface area contributed by atoms with Crippen LogP contribution in [0, 0.1) is 0 Å². The van der Waals surface area contributed by atoms with Crippen molar-refractivity contribution in [2.24, 2.45) is 0 Å². The van der Waals surface area contributed by atoms with Gasteiger partial charge in [0.1, 0.15) is 0 Å². The highest BCUT2D eigenvalue weighted by Crippen LogP contribution is 2.22. The number of carbonyl (C=O) groups excluding carboxylic acids is 2. The minimum atomic E-state index is -0.205. The summed E-state index contributed by atoms with van der Waals surface area (Å²) in [4.78, 5) is 27.0. The van der Waals surface area contributed by atoms with Gasteiger partial charge in [0.25, 0.3) is 0 Å². The summed E-state index contributed by atoms with van der Waals surface area (Å²) in [6, 6.07) is 27.5. The number of para-hydroxylation sites is 1. The van der Waals surface area contributed by atoms with Crippen molar-refractivity contribution in [3.05, 3.63) is 102 Å². The molecule has 32 heavy (non-hydrogen) atoms. The SMILES string of the molecule is CCc1ccccc1NC(=O)CN(C)CCC(=O)NC(c1ccccc1)c1ccccc1. The zero-order valence-corrected chi connectivity index (χ0v) is 18.8. The smallest absolute Gasteiger partial charge is 0.238 e. The van der Waals surface area contributed by atoms with Gasteiger partial charge >= 0.3 is 0 Å². The summed E-state index contributed by atoms with van der Waals surface area (Å²) in [5.41, 5.74) is 4.03. The first-order chi connectivity index (χ1) is 15.6. The van der Waals surface area contributed by atoms with Crippen LogP contribution in [0.1, 0.15) is 36.1 Å². The molecule has 0 unspecified atom stereocenters. The number of benzene rings is 3. The molecule has 0 fully saturated rings. The van der Waals surface area contributed by atoms with Crippen molar-refractivity contribution < 1.29 is 9.59 Å². The van der Waals surface area contributed by atoms with Gasteiger partial charge in [-0.15, -0.1) is 0 Å². The van der Waals surface area contributed by atoms with Gasteiger partial charge in [-0.3, -0.25) is 14.5 Å². The third-order valence-electron chi connectivity index (χ3n) is 5.38. The number of rotatable bonds is 10. The molecule has 5 heteroatoms. The van der Waals surface area contributed by atoms with Gasteiger partial charge in [0.15, 0.2) is 0 Å². The number of nitrogens with one attached hydrogen (secondary N) is 2. The van der Waals surface area contributed by atoms with Gasteiger partial charge < -0.3 is 10.6 Å². The third-order valence-corrected chi connectivity index (χ3v) is 5.38. The molecule has 0 atom stereocenters. The van der Waals surface area contributed by atoms with Gasteiger partial charge in [-0.05, 0) is 36.2 Å². The number of hydrogen-bond donors (Lipinski definition) is 2. The number of likely N-dealkylation sites (N-methyl/N-ethyl adjacent to an activating group) is 1. The van der Waals surface area contributed by atoms with Gasteiger partial charge in [0.05, 0.1) is 12.6 Å². The summed E-state index contributed by atoms with van der Waals surface area (Å²) in [5.74, 6) is -0.133. The predicted octanol–water partition coefficient (Wildman–Crippen LogP) is 4.42. The zero-order valence-electron chi connectivity index (χ0n) is 18.8. The van der Waals surface area contributed by atoms with Gasteiger partial charge in [-0.2, -0.15) is 0 Å². The number of amides is 2. The highest BCUT2D eigenvalue weighted by Gasteiger charge is 2.17. The second-order valence-electron chi connectivity index (χ2n) is 7.87. The summed E-state index contributed by atoms with van der Waals surface area (Å²) < 4.78 is 0. The second-order valence-corrected chi connectivity index (χ2v) is 7.87. The largest absolute Gasteiger partial charge is 0.345 e. The summed E-state index contributed by atoms with van der Waals surface area (Å²) >= 11 is 0. The van der Waals surface area contributed by atoms with E-state index in [1.165, 1.54) is 0 Å². The van der Waals surface area contributed by atoms with Crippen LogP contribution in [0.2, 0.25) is 0 Å². The Kier molecular flexibility index (Phi) is 8.58. The van der Waals surface area contributed by atoms with E-state index in [1.54, 1.807) is 0 Å². The number of carbonyl (C=O) groups is 2. The van der Waals surface area contributed by atoms with Crippen molar-refractivity contribution in [3.8, 4) is 0 Å². The Labute approximate surface area is 190 Å². The topological polar surface area (TPSA) is 61.4 Å². The Hall–Kier alpha value is -3.44. The first-order valence-electron chi connectivity index (χ1n) is 11.0. The number of aryl methyl sites for hydroxylation is 1. The fraction of sp³-hybridized carbons (Fsp3) is 0.259. The van der Waals surface area contributed by atoms with Crippen LogP contribution in [-0.4, -0.2) is 36.9 Å². The predicted molar refractivity (Wildman–Crippen MR) is 129 cm³/mol. The van der Waals surface area contributed by atoms with Crippen molar-refractivity contribution in [1.29, 1.82) is 0 Å². The monoisotopic (exact) mass is 429 g/mol. The molecule has 2 N–H and O–H groups in total. The van der Waals surface area contributed by atoms with E-state index >= 15 is 0 Å². The van der Waals surface area contributed by atoms with Crippen molar-refractivity contribution >= 4 is 17.5 Å². The molecule has 0 heterocycles. The first kappa shape index (κ1) is 23.2. The maximum absolute atomic E-state index is 12.7. The van der Waals surface area contributed by atoms with Crippen LogP contribution >= 0.6 is 0 Å². The Morgan fingerprint density at radius 1 is 0.812 bits per heavy atom. The molecular formula is C27H31N3O2. The van der Waals surface area contributed by atoms with Crippen LogP contribution in [0.25, 0.3) is 0 Å². The average Bonchev–Trinajstić information content (AvgIpc) is 2.82. The molecule has 0 spiro atoms. The molecule has 3 rings (SSSR count). The quantitative estimate of drug-likeness (QED) is 0.502. The van der Waals surface area contributed by atoms with E-state index in [9.17, 15) is 9.59 Å². The van der Waals surface area contributed by atoms with Crippen LogP contribution in [-0.2, 0) is 16.0 Å². The molecule has 3 aromatic carbocycles. The Morgan fingerprint density at radius 3 is 1.97 bits per heavy atom. The van der Waals surface area contributed by atoms with Crippen LogP contribution in [0.15, 0.2) is 84.9 Å². The molecule has 0 aromatic heterocycles. The Morgan fingerprint density at radius 2 is 1.38 bits per heavy atom. The van der Waals surface area contributed by atoms with Gasteiger partial charge in [-0.25, -0.2) is 0 Å². The minimum Gasteiger partial charge on any atom is -0.345 e.